The molecule has 0 nitrogen and oxygen atoms in total. The van der Waals surface area contributed by atoms with Gasteiger partial charge in [0.2, 0.25) is 0 Å². The lowest BCUT2D eigenvalue weighted by Crippen LogP contribution is -1.85. The van der Waals surface area contributed by atoms with E-state index in [1.807, 2.05) is 0 Å². The molecule has 0 aliphatic carbocycles. The van der Waals surface area contributed by atoms with Crippen LogP contribution in [0.15, 0.2) is 0 Å². The second kappa shape index (κ2) is 5.54. The molecule has 8 heavy (non-hydrogen) atoms. The van der Waals surface area contributed by atoms with E-state index >= 15 is 0 Å². The molecule has 0 saturated carbocycles. The zero-order valence-corrected chi connectivity index (χ0v) is 6.75. The van der Waals surface area contributed by atoms with Gasteiger partial charge in [-0.05, 0) is 12.8 Å². The molecule has 0 fully saturated rings. The highest BCUT2D eigenvalue weighted by molar-refractivity contribution is 9.09. The third-order valence-electron chi connectivity index (χ3n) is 1.03. The molecule has 0 spiro atoms. The van der Waals surface area contributed by atoms with Crippen LogP contribution in [0.25, 0.3) is 0 Å². The van der Waals surface area contributed by atoms with Crippen LogP contribution in [-0.2, 0) is 0 Å². The smallest absolute Gasteiger partial charge is 0.154 e. The number of rotatable bonds is 4. The Bertz CT molecular complexity index is 45.8. The summed E-state index contributed by atoms with van der Waals surface area (Å²) in [4.78, 5) is 0. The van der Waals surface area contributed by atoms with Crippen molar-refractivity contribution in [1.29, 1.82) is 0 Å². The van der Waals surface area contributed by atoms with Crippen LogP contribution in [0, 0.1) is 0 Å². The van der Waals surface area contributed by atoms with E-state index in [-0.39, 0.29) is 0 Å². The van der Waals surface area contributed by atoms with Crippen molar-refractivity contribution in [2.45, 2.75) is 37.7 Å². The number of hydrogen-bond acceptors (Lipinski definition) is 0. The fraction of sp³-hybridized carbons (Fsp3) is 1.00. The Balaban J connectivity index is 2.72. The summed E-state index contributed by atoms with van der Waals surface area (Å²) in [6.45, 7) is 2.11. The highest BCUT2D eigenvalue weighted by atomic mass is 79.9. The standard InChI is InChI=1S/C6H12BrF/c1-2-3-4-5-6(7)8/h6H,2-5H2,1H3. The summed E-state index contributed by atoms with van der Waals surface area (Å²) in [5, 5.41) is -0.783. The minimum Gasteiger partial charge on any atom is -0.235 e. The molecule has 1 atom stereocenters. The molecule has 0 aromatic heterocycles. The predicted octanol–water partition coefficient (Wildman–Crippen LogP) is 3.26. The van der Waals surface area contributed by atoms with Crippen LogP contribution in [0.1, 0.15) is 32.6 Å². The molecule has 0 bridgehead atoms. The lowest BCUT2D eigenvalue weighted by molar-refractivity contribution is 0.423. The molecule has 0 aliphatic heterocycles. The van der Waals surface area contributed by atoms with Crippen LogP contribution in [0.4, 0.5) is 4.39 Å². The van der Waals surface area contributed by atoms with Crippen LogP contribution >= 0.6 is 15.9 Å². The van der Waals surface area contributed by atoms with Crippen molar-refractivity contribution in [2.75, 3.05) is 0 Å². The van der Waals surface area contributed by atoms with Crippen molar-refractivity contribution >= 4 is 15.9 Å². The van der Waals surface area contributed by atoms with Crippen molar-refractivity contribution in [3.8, 4) is 0 Å². The predicted molar refractivity (Wildman–Crippen MR) is 38.0 cm³/mol. The molecule has 0 saturated heterocycles. The van der Waals surface area contributed by atoms with E-state index in [1.54, 1.807) is 0 Å². The number of hydrogen-bond donors (Lipinski definition) is 0. The molecule has 50 valence electrons. The van der Waals surface area contributed by atoms with Gasteiger partial charge in [0.15, 0.2) is 5.08 Å². The van der Waals surface area contributed by atoms with Crippen molar-refractivity contribution < 1.29 is 4.39 Å². The van der Waals surface area contributed by atoms with Gasteiger partial charge in [0.25, 0.3) is 0 Å². The third-order valence-corrected chi connectivity index (χ3v) is 1.48. The maximum Gasteiger partial charge on any atom is 0.154 e. The van der Waals surface area contributed by atoms with Gasteiger partial charge in [-0.15, -0.1) is 0 Å². The Morgan fingerprint density at radius 1 is 1.50 bits per heavy atom. The molecular weight excluding hydrogens is 171 g/mol. The fourth-order valence-corrected chi connectivity index (χ4v) is 0.872. The van der Waals surface area contributed by atoms with Gasteiger partial charge in [-0.1, -0.05) is 35.7 Å². The summed E-state index contributed by atoms with van der Waals surface area (Å²) < 4.78 is 11.9. The quantitative estimate of drug-likeness (QED) is 0.463. The summed E-state index contributed by atoms with van der Waals surface area (Å²) in [5.74, 6) is 0. The van der Waals surface area contributed by atoms with E-state index < -0.39 is 5.08 Å². The summed E-state index contributed by atoms with van der Waals surface area (Å²) in [5.41, 5.74) is 0. The normalized spacial score (nSPS) is 13.9. The zero-order chi connectivity index (χ0) is 6.41. The summed E-state index contributed by atoms with van der Waals surface area (Å²) in [6.07, 6.45) is 3.97. The second-order valence-corrected chi connectivity index (χ2v) is 2.88. The lowest BCUT2D eigenvalue weighted by Gasteiger charge is -1.95. The Morgan fingerprint density at radius 2 is 2.12 bits per heavy atom. The van der Waals surface area contributed by atoms with E-state index in [0.717, 1.165) is 12.8 Å². The van der Waals surface area contributed by atoms with Gasteiger partial charge in [-0.25, -0.2) is 4.39 Å². The van der Waals surface area contributed by atoms with Gasteiger partial charge in [0.1, 0.15) is 0 Å². The molecule has 0 radical (unpaired) electrons. The van der Waals surface area contributed by atoms with E-state index in [4.69, 9.17) is 0 Å². The summed E-state index contributed by atoms with van der Waals surface area (Å²) in [7, 11) is 0. The van der Waals surface area contributed by atoms with E-state index in [0.29, 0.717) is 6.42 Å². The van der Waals surface area contributed by atoms with Crippen molar-refractivity contribution in [2.24, 2.45) is 0 Å². The SMILES string of the molecule is CCCCCC(F)Br. The van der Waals surface area contributed by atoms with Gasteiger partial charge in [-0.3, -0.25) is 0 Å². The second-order valence-electron chi connectivity index (χ2n) is 1.89. The number of halogens is 2. The Labute approximate surface area is 58.6 Å². The van der Waals surface area contributed by atoms with Crippen molar-refractivity contribution in [1.82, 2.24) is 0 Å². The molecule has 0 amide bonds. The average Bonchev–Trinajstić information content (AvgIpc) is 1.66. The zero-order valence-electron chi connectivity index (χ0n) is 5.16. The Kier molecular flexibility index (Phi) is 5.83. The van der Waals surface area contributed by atoms with Gasteiger partial charge >= 0.3 is 0 Å². The van der Waals surface area contributed by atoms with Crippen LogP contribution in [0.2, 0.25) is 0 Å². The molecule has 0 aromatic carbocycles. The van der Waals surface area contributed by atoms with Crippen molar-refractivity contribution in [3.63, 3.8) is 0 Å². The first-order chi connectivity index (χ1) is 3.77. The van der Waals surface area contributed by atoms with Crippen LogP contribution in [0.5, 0.6) is 0 Å². The molecule has 0 aliphatic rings. The highest BCUT2D eigenvalue weighted by Crippen LogP contribution is 2.10. The Hall–Kier alpha value is 0.410. The van der Waals surface area contributed by atoms with E-state index in [2.05, 4.69) is 22.9 Å². The monoisotopic (exact) mass is 182 g/mol. The molecule has 0 aromatic rings. The largest absolute Gasteiger partial charge is 0.235 e. The molecule has 0 rings (SSSR count). The molecule has 0 N–H and O–H groups in total. The van der Waals surface area contributed by atoms with Gasteiger partial charge in [-0.2, -0.15) is 0 Å². The summed E-state index contributed by atoms with van der Waals surface area (Å²) in [6, 6.07) is 0. The summed E-state index contributed by atoms with van der Waals surface area (Å²) >= 11 is 2.84. The highest BCUT2D eigenvalue weighted by Gasteiger charge is 1.96. The maximum absolute atomic E-state index is 11.9. The minimum atomic E-state index is -0.783. The van der Waals surface area contributed by atoms with E-state index in [1.165, 1.54) is 6.42 Å². The first-order valence-corrected chi connectivity index (χ1v) is 3.97. The molecule has 2 heteroatoms. The fourth-order valence-electron chi connectivity index (χ4n) is 0.549. The van der Waals surface area contributed by atoms with Gasteiger partial charge in [0, 0.05) is 0 Å². The average molecular weight is 183 g/mol. The van der Waals surface area contributed by atoms with Crippen molar-refractivity contribution in [3.05, 3.63) is 0 Å². The van der Waals surface area contributed by atoms with E-state index in [9.17, 15) is 4.39 Å². The van der Waals surface area contributed by atoms with Gasteiger partial charge < -0.3 is 0 Å². The number of alkyl halides is 2. The molecular formula is C6H12BrF. The molecule has 1 unspecified atom stereocenters. The maximum atomic E-state index is 11.9. The Morgan fingerprint density at radius 3 is 2.50 bits per heavy atom. The first-order valence-electron chi connectivity index (χ1n) is 3.05. The third kappa shape index (κ3) is 6.41. The minimum absolute atomic E-state index is 0.661. The van der Waals surface area contributed by atoms with Crippen LogP contribution in [-0.4, -0.2) is 5.08 Å². The number of unbranched alkanes of at least 4 members (excludes halogenated alkanes) is 2. The topological polar surface area (TPSA) is 0 Å². The first kappa shape index (κ1) is 8.41. The van der Waals surface area contributed by atoms with Gasteiger partial charge in [0.05, 0.1) is 0 Å². The van der Waals surface area contributed by atoms with Crippen LogP contribution < -0.4 is 0 Å². The lowest BCUT2D eigenvalue weighted by atomic mass is 10.2. The van der Waals surface area contributed by atoms with Crippen LogP contribution in [0.3, 0.4) is 0 Å². The molecule has 0 heterocycles.